The molecule has 1 atom stereocenters. The number of hydrogen-bond acceptors (Lipinski definition) is 5. The van der Waals surface area contributed by atoms with E-state index in [1.165, 1.54) is 4.31 Å². The number of nitrogens with one attached hydrogen (secondary N) is 1. The van der Waals surface area contributed by atoms with Crippen LogP contribution >= 0.6 is 15.9 Å². The number of sulfonamides is 1. The summed E-state index contributed by atoms with van der Waals surface area (Å²) < 4.78 is 38.0. The lowest BCUT2D eigenvalue weighted by Gasteiger charge is -2.20. The van der Waals surface area contributed by atoms with Crippen LogP contribution in [0.25, 0.3) is 0 Å². The molecule has 2 rings (SSSR count). The van der Waals surface area contributed by atoms with Gasteiger partial charge in [-0.1, -0.05) is 0 Å². The van der Waals surface area contributed by atoms with Gasteiger partial charge in [0, 0.05) is 25.8 Å². The lowest BCUT2D eigenvalue weighted by atomic mass is 10.4. The molecular formula is C12H19BrN2O4S. The van der Waals surface area contributed by atoms with Gasteiger partial charge in [0.1, 0.15) is 10.7 Å². The number of nitrogens with zero attached hydrogens (tertiary/aromatic N) is 1. The molecule has 1 fully saturated rings. The fourth-order valence-electron chi connectivity index (χ4n) is 2.15. The standard InChI is InChI=1S/C12H19BrN2O4S/c1-9-8-15(4-3-5-18-9)20(16,17)11-6-10(7-14-2)19-12(11)13/h6,9,14H,3-5,7-8H2,1-2H3. The molecule has 0 aromatic carbocycles. The predicted molar refractivity (Wildman–Crippen MR) is 78.0 cm³/mol. The minimum absolute atomic E-state index is 0.102. The summed E-state index contributed by atoms with van der Waals surface area (Å²) in [5.41, 5.74) is 0. The minimum atomic E-state index is -3.56. The van der Waals surface area contributed by atoms with Crippen molar-refractivity contribution >= 4 is 26.0 Å². The lowest BCUT2D eigenvalue weighted by Crippen LogP contribution is -2.35. The first kappa shape index (κ1) is 16.0. The van der Waals surface area contributed by atoms with Crippen LogP contribution in [0.3, 0.4) is 0 Å². The largest absolute Gasteiger partial charge is 0.452 e. The van der Waals surface area contributed by atoms with Gasteiger partial charge in [-0.15, -0.1) is 0 Å². The number of furan rings is 1. The molecule has 0 amide bonds. The Kier molecular flexibility index (Phi) is 5.25. The molecule has 0 spiro atoms. The molecule has 20 heavy (non-hydrogen) atoms. The molecule has 8 heteroatoms. The van der Waals surface area contributed by atoms with E-state index in [1.54, 1.807) is 13.1 Å². The second kappa shape index (κ2) is 6.57. The average Bonchev–Trinajstić information content (AvgIpc) is 2.60. The summed E-state index contributed by atoms with van der Waals surface area (Å²) in [6, 6.07) is 1.56. The summed E-state index contributed by atoms with van der Waals surface area (Å²) in [4.78, 5) is 0.178. The summed E-state index contributed by atoms with van der Waals surface area (Å²) in [7, 11) is -1.79. The second-order valence-electron chi connectivity index (χ2n) is 4.78. The Morgan fingerprint density at radius 2 is 2.30 bits per heavy atom. The van der Waals surface area contributed by atoms with E-state index < -0.39 is 10.0 Å². The maximum atomic E-state index is 12.7. The highest BCUT2D eigenvalue weighted by Gasteiger charge is 2.31. The SMILES string of the molecule is CNCc1cc(S(=O)(=O)N2CCCOC(C)C2)c(Br)o1. The van der Waals surface area contributed by atoms with Crippen LogP contribution in [-0.4, -0.2) is 45.6 Å². The molecular weight excluding hydrogens is 348 g/mol. The van der Waals surface area contributed by atoms with Crippen molar-refractivity contribution in [2.24, 2.45) is 0 Å². The topological polar surface area (TPSA) is 71.8 Å². The van der Waals surface area contributed by atoms with E-state index in [0.29, 0.717) is 38.4 Å². The number of rotatable bonds is 4. The van der Waals surface area contributed by atoms with Crippen LogP contribution in [0.4, 0.5) is 0 Å². The van der Waals surface area contributed by atoms with E-state index in [0.717, 1.165) is 0 Å². The van der Waals surface area contributed by atoms with E-state index in [-0.39, 0.29) is 15.7 Å². The molecule has 6 nitrogen and oxygen atoms in total. The van der Waals surface area contributed by atoms with Crippen molar-refractivity contribution in [3.8, 4) is 0 Å². The first-order valence-corrected chi connectivity index (χ1v) is 8.73. The van der Waals surface area contributed by atoms with Crippen LogP contribution in [0.15, 0.2) is 20.0 Å². The molecule has 0 saturated carbocycles. The zero-order valence-electron chi connectivity index (χ0n) is 11.6. The molecule has 0 bridgehead atoms. The maximum Gasteiger partial charge on any atom is 0.247 e. The van der Waals surface area contributed by atoms with Crippen molar-refractivity contribution in [3.63, 3.8) is 0 Å². The van der Waals surface area contributed by atoms with Gasteiger partial charge in [0.25, 0.3) is 0 Å². The van der Waals surface area contributed by atoms with E-state index in [4.69, 9.17) is 9.15 Å². The van der Waals surface area contributed by atoms with Crippen LogP contribution in [0.2, 0.25) is 0 Å². The van der Waals surface area contributed by atoms with E-state index in [2.05, 4.69) is 21.2 Å². The summed E-state index contributed by atoms with van der Waals surface area (Å²) >= 11 is 3.19. The smallest absolute Gasteiger partial charge is 0.247 e. The highest BCUT2D eigenvalue weighted by Crippen LogP contribution is 2.29. The van der Waals surface area contributed by atoms with E-state index in [1.807, 2.05) is 6.92 Å². The van der Waals surface area contributed by atoms with Crippen molar-refractivity contribution in [1.82, 2.24) is 9.62 Å². The zero-order valence-corrected chi connectivity index (χ0v) is 14.0. The Hall–Kier alpha value is -0.410. The highest BCUT2D eigenvalue weighted by molar-refractivity contribution is 9.10. The Labute approximate surface area is 127 Å². The molecule has 1 aliphatic heterocycles. The molecule has 1 N–H and O–H groups in total. The minimum Gasteiger partial charge on any atom is -0.452 e. The zero-order chi connectivity index (χ0) is 14.8. The first-order chi connectivity index (χ1) is 9.45. The van der Waals surface area contributed by atoms with Crippen LogP contribution in [0.1, 0.15) is 19.1 Å². The Morgan fingerprint density at radius 1 is 1.55 bits per heavy atom. The number of halogens is 1. The number of ether oxygens (including phenoxy) is 1. The molecule has 1 aromatic heterocycles. The van der Waals surface area contributed by atoms with Gasteiger partial charge < -0.3 is 14.5 Å². The summed E-state index contributed by atoms with van der Waals surface area (Å²) in [5.74, 6) is 0.581. The Morgan fingerprint density at radius 3 is 3.00 bits per heavy atom. The lowest BCUT2D eigenvalue weighted by molar-refractivity contribution is 0.0752. The monoisotopic (exact) mass is 366 g/mol. The van der Waals surface area contributed by atoms with Gasteiger partial charge >= 0.3 is 0 Å². The molecule has 1 aromatic rings. The number of hydrogen-bond donors (Lipinski definition) is 1. The van der Waals surface area contributed by atoms with Crippen LogP contribution in [-0.2, 0) is 21.3 Å². The van der Waals surface area contributed by atoms with Crippen molar-refractivity contribution in [2.45, 2.75) is 30.9 Å². The van der Waals surface area contributed by atoms with Gasteiger partial charge in [0.05, 0.1) is 12.6 Å². The van der Waals surface area contributed by atoms with Gasteiger partial charge in [-0.25, -0.2) is 8.42 Å². The fourth-order valence-corrected chi connectivity index (χ4v) is 4.66. The van der Waals surface area contributed by atoms with Crippen molar-refractivity contribution in [2.75, 3.05) is 26.7 Å². The predicted octanol–water partition coefficient (Wildman–Crippen LogP) is 1.56. The summed E-state index contributed by atoms with van der Waals surface area (Å²) in [5, 5.41) is 2.93. The Balaban J connectivity index is 2.29. The van der Waals surface area contributed by atoms with Crippen molar-refractivity contribution < 1.29 is 17.6 Å². The van der Waals surface area contributed by atoms with Crippen LogP contribution in [0.5, 0.6) is 0 Å². The van der Waals surface area contributed by atoms with Gasteiger partial charge in [0.15, 0.2) is 4.67 Å². The van der Waals surface area contributed by atoms with E-state index in [9.17, 15) is 8.42 Å². The van der Waals surface area contributed by atoms with Crippen LogP contribution in [0, 0.1) is 0 Å². The maximum absolute atomic E-state index is 12.7. The fraction of sp³-hybridized carbons (Fsp3) is 0.667. The van der Waals surface area contributed by atoms with Gasteiger partial charge in [-0.2, -0.15) is 4.31 Å². The highest BCUT2D eigenvalue weighted by atomic mass is 79.9. The third kappa shape index (κ3) is 3.43. The molecule has 1 unspecified atom stereocenters. The normalized spacial score (nSPS) is 21.9. The van der Waals surface area contributed by atoms with Crippen LogP contribution < -0.4 is 5.32 Å². The first-order valence-electron chi connectivity index (χ1n) is 6.49. The molecule has 0 aliphatic carbocycles. The molecule has 1 saturated heterocycles. The third-order valence-corrected chi connectivity index (χ3v) is 5.81. The molecule has 0 radical (unpaired) electrons. The van der Waals surface area contributed by atoms with Gasteiger partial charge in [-0.3, -0.25) is 0 Å². The van der Waals surface area contributed by atoms with Crippen molar-refractivity contribution in [1.29, 1.82) is 0 Å². The van der Waals surface area contributed by atoms with Gasteiger partial charge in [-0.05, 0) is 36.3 Å². The molecule has 1 aliphatic rings. The van der Waals surface area contributed by atoms with Crippen molar-refractivity contribution in [3.05, 3.63) is 16.5 Å². The van der Waals surface area contributed by atoms with Gasteiger partial charge in [0.2, 0.25) is 10.0 Å². The molecule has 114 valence electrons. The average molecular weight is 367 g/mol. The Bertz CT molecular complexity index is 558. The quantitative estimate of drug-likeness (QED) is 0.875. The third-order valence-electron chi connectivity index (χ3n) is 3.09. The summed E-state index contributed by atoms with van der Waals surface area (Å²) in [6.45, 7) is 3.77. The second-order valence-corrected chi connectivity index (χ2v) is 7.41. The summed E-state index contributed by atoms with van der Waals surface area (Å²) in [6.07, 6.45) is 0.595. The molecule has 2 heterocycles. The van der Waals surface area contributed by atoms with E-state index >= 15 is 0 Å².